The van der Waals surface area contributed by atoms with Gasteiger partial charge in [0.25, 0.3) is 10.2 Å². The van der Waals surface area contributed by atoms with Crippen molar-refractivity contribution in [3.8, 4) is 5.75 Å². The van der Waals surface area contributed by atoms with Gasteiger partial charge in [-0.2, -0.15) is 31.0 Å². The fourth-order valence-corrected chi connectivity index (χ4v) is 3.74. The SMILES string of the molecule is N=C(N)Nc1ccc(C(=O)Oc2ccc(CNS(=O)(=O)NC(CC(=O)O)C(=O)O)cc2Cl)cc1.O=C(O)C(F)(F)F. The van der Waals surface area contributed by atoms with Crippen LogP contribution in [0.2, 0.25) is 5.02 Å². The number of anilines is 1. The third-order valence-electron chi connectivity index (χ3n) is 4.28. The average molecular weight is 628 g/mol. The summed E-state index contributed by atoms with van der Waals surface area (Å²) >= 11 is 6.12. The van der Waals surface area contributed by atoms with Gasteiger partial charge in [0.05, 0.1) is 17.0 Å². The Labute approximate surface area is 233 Å². The first kappa shape index (κ1) is 34.6. The van der Waals surface area contributed by atoms with E-state index >= 15 is 0 Å². The molecule has 0 aliphatic carbocycles. The van der Waals surface area contributed by atoms with Crippen LogP contribution in [0.4, 0.5) is 18.9 Å². The third kappa shape index (κ3) is 13.0. The number of guanidine groups is 1. The molecule has 0 aliphatic heterocycles. The number of carboxylic acids is 3. The number of aliphatic carboxylic acids is 3. The summed E-state index contributed by atoms with van der Waals surface area (Å²) in [6.45, 7) is -0.312. The molecule has 2 aromatic rings. The van der Waals surface area contributed by atoms with Crippen LogP contribution < -0.4 is 25.2 Å². The van der Waals surface area contributed by atoms with E-state index in [9.17, 15) is 36.0 Å². The molecule has 0 saturated carbocycles. The van der Waals surface area contributed by atoms with Crippen LogP contribution in [-0.2, 0) is 31.1 Å². The van der Waals surface area contributed by atoms with Crippen molar-refractivity contribution in [3.63, 3.8) is 0 Å². The number of halogens is 4. The van der Waals surface area contributed by atoms with Crippen LogP contribution in [0.3, 0.4) is 0 Å². The van der Waals surface area contributed by atoms with Gasteiger partial charge in [-0.1, -0.05) is 17.7 Å². The highest BCUT2D eigenvalue weighted by Crippen LogP contribution is 2.26. The Hall–Kier alpha value is -4.46. The number of hydrogen-bond donors (Lipinski definition) is 8. The van der Waals surface area contributed by atoms with Crippen molar-refractivity contribution < 1.29 is 60.8 Å². The van der Waals surface area contributed by atoms with E-state index in [0.717, 1.165) is 0 Å². The molecule has 1 unspecified atom stereocenters. The standard InChI is InChI=1S/C19H20ClN5O8S.C2HF3O2/c20-13-7-10(9-23-34(31,32)25-14(17(28)29)8-16(26)27)1-6-15(13)33-18(30)11-2-4-12(5-3-11)24-19(21)22;3-2(4,5)1(6)7/h1-7,14,23,25H,8-9H2,(H,26,27)(H,28,29)(H4,21,22,24);(H,6,7). The quantitative estimate of drug-likeness (QED) is 0.0760. The van der Waals surface area contributed by atoms with Gasteiger partial charge in [0.1, 0.15) is 11.8 Å². The topological polar surface area (TPSA) is 258 Å². The molecule has 0 bridgehead atoms. The van der Waals surface area contributed by atoms with E-state index < -0.39 is 52.7 Å². The maximum Gasteiger partial charge on any atom is 0.490 e. The molecule has 2 aromatic carbocycles. The van der Waals surface area contributed by atoms with Gasteiger partial charge in [-0.15, -0.1) is 0 Å². The van der Waals surface area contributed by atoms with Crippen molar-refractivity contribution in [3.05, 3.63) is 58.6 Å². The summed E-state index contributed by atoms with van der Waals surface area (Å²) in [6.07, 6.45) is -6.03. The number of hydrogen-bond acceptors (Lipinski definition) is 8. The van der Waals surface area contributed by atoms with E-state index in [1.165, 1.54) is 42.5 Å². The van der Waals surface area contributed by atoms with Crippen LogP contribution in [0.25, 0.3) is 0 Å². The Kier molecular flexibility index (Phi) is 12.5. The number of carbonyl (C=O) groups excluding carboxylic acids is 1. The molecule has 0 spiro atoms. The predicted octanol–water partition coefficient (Wildman–Crippen LogP) is 1.35. The molecule has 0 amide bonds. The summed E-state index contributed by atoms with van der Waals surface area (Å²) in [5, 5.41) is 34.5. The predicted molar refractivity (Wildman–Crippen MR) is 135 cm³/mol. The van der Waals surface area contributed by atoms with Crippen LogP contribution in [0.1, 0.15) is 22.3 Å². The fraction of sp³-hybridized carbons (Fsp3) is 0.190. The lowest BCUT2D eigenvalue weighted by Crippen LogP contribution is -2.47. The average Bonchev–Trinajstić information content (AvgIpc) is 2.83. The normalized spacial score (nSPS) is 11.8. The van der Waals surface area contributed by atoms with Gasteiger partial charge in [0.2, 0.25) is 0 Å². The number of nitrogens with two attached hydrogens (primary N) is 1. The zero-order valence-corrected chi connectivity index (χ0v) is 21.8. The molecule has 0 fully saturated rings. The molecule has 0 aliphatic rings. The Morgan fingerprint density at radius 1 is 1.05 bits per heavy atom. The molecular weight excluding hydrogens is 607 g/mol. The summed E-state index contributed by atoms with van der Waals surface area (Å²) in [5.74, 6) is -6.86. The monoisotopic (exact) mass is 627 g/mol. The highest BCUT2D eigenvalue weighted by atomic mass is 35.5. The molecule has 20 heteroatoms. The molecule has 15 nitrogen and oxygen atoms in total. The minimum Gasteiger partial charge on any atom is -0.481 e. The number of carbonyl (C=O) groups is 4. The van der Waals surface area contributed by atoms with Gasteiger partial charge in [-0.3, -0.25) is 15.0 Å². The number of carboxylic acid groups (broad SMARTS) is 3. The van der Waals surface area contributed by atoms with Crippen molar-refractivity contribution in [2.75, 3.05) is 5.32 Å². The molecule has 224 valence electrons. The summed E-state index contributed by atoms with van der Waals surface area (Å²) in [6, 6.07) is 8.18. The molecule has 41 heavy (non-hydrogen) atoms. The first-order valence-corrected chi connectivity index (χ1v) is 12.4. The van der Waals surface area contributed by atoms with Crippen molar-refractivity contribution in [2.45, 2.75) is 25.2 Å². The molecule has 0 radical (unpaired) electrons. The fourth-order valence-electron chi connectivity index (χ4n) is 2.50. The number of benzene rings is 2. The van der Waals surface area contributed by atoms with E-state index in [1.54, 1.807) is 4.72 Å². The lowest BCUT2D eigenvalue weighted by atomic mass is 10.2. The van der Waals surface area contributed by atoms with Gasteiger partial charge < -0.3 is 31.1 Å². The van der Waals surface area contributed by atoms with Crippen LogP contribution in [0, 0.1) is 5.41 Å². The second-order valence-corrected chi connectivity index (χ2v) is 9.44. The molecule has 2 rings (SSSR count). The van der Waals surface area contributed by atoms with Crippen molar-refractivity contribution in [1.29, 1.82) is 5.41 Å². The molecular formula is C21H21ClF3N5O10S. The van der Waals surface area contributed by atoms with E-state index in [-0.39, 0.29) is 28.8 Å². The third-order valence-corrected chi connectivity index (χ3v) is 5.70. The summed E-state index contributed by atoms with van der Waals surface area (Å²) in [4.78, 5) is 42.9. The zero-order valence-electron chi connectivity index (χ0n) is 20.2. The minimum absolute atomic E-state index is 0.00200. The molecule has 0 saturated heterocycles. The smallest absolute Gasteiger partial charge is 0.481 e. The van der Waals surface area contributed by atoms with E-state index in [0.29, 0.717) is 11.3 Å². The Morgan fingerprint density at radius 3 is 2.05 bits per heavy atom. The largest absolute Gasteiger partial charge is 0.490 e. The van der Waals surface area contributed by atoms with Crippen LogP contribution in [-0.4, -0.2) is 65.8 Å². The first-order chi connectivity index (χ1) is 18.8. The van der Waals surface area contributed by atoms with Crippen molar-refractivity contribution in [2.24, 2.45) is 5.73 Å². The highest BCUT2D eigenvalue weighted by Gasteiger charge is 2.38. The number of alkyl halides is 3. The Balaban J connectivity index is 0.00000106. The number of esters is 1. The number of rotatable bonds is 11. The maximum atomic E-state index is 12.3. The van der Waals surface area contributed by atoms with Crippen molar-refractivity contribution in [1.82, 2.24) is 9.44 Å². The molecule has 0 aromatic heterocycles. The zero-order chi connectivity index (χ0) is 31.5. The van der Waals surface area contributed by atoms with Gasteiger partial charge in [0, 0.05) is 12.2 Å². The lowest BCUT2D eigenvalue weighted by Gasteiger charge is -2.14. The van der Waals surface area contributed by atoms with Crippen LogP contribution in [0.5, 0.6) is 5.75 Å². The van der Waals surface area contributed by atoms with E-state index in [1.807, 2.05) is 0 Å². The van der Waals surface area contributed by atoms with Crippen LogP contribution in [0.15, 0.2) is 42.5 Å². The summed E-state index contributed by atoms with van der Waals surface area (Å²) in [7, 11) is -4.36. The second-order valence-electron chi connectivity index (χ2n) is 7.50. The summed E-state index contributed by atoms with van der Waals surface area (Å²) in [5.41, 5.74) is 6.27. The maximum absolute atomic E-state index is 12.3. The molecule has 9 N–H and O–H groups in total. The van der Waals surface area contributed by atoms with Crippen molar-refractivity contribution >= 4 is 57.3 Å². The number of nitrogens with one attached hydrogen (secondary N) is 4. The van der Waals surface area contributed by atoms with Gasteiger partial charge in [-0.05, 0) is 42.0 Å². The highest BCUT2D eigenvalue weighted by molar-refractivity contribution is 7.87. The number of ether oxygens (including phenoxy) is 1. The first-order valence-electron chi connectivity index (χ1n) is 10.5. The van der Waals surface area contributed by atoms with Crippen LogP contribution >= 0.6 is 11.6 Å². The van der Waals surface area contributed by atoms with E-state index in [2.05, 4.69) is 10.0 Å². The lowest BCUT2D eigenvalue weighted by molar-refractivity contribution is -0.192. The van der Waals surface area contributed by atoms with Gasteiger partial charge in [-0.25, -0.2) is 9.59 Å². The summed E-state index contributed by atoms with van der Waals surface area (Å²) < 4.78 is 64.9. The van der Waals surface area contributed by atoms with E-state index in [4.69, 9.17) is 47.6 Å². The molecule has 1 atom stereocenters. The minimum atomic E-state index is -5.08. The molecule has 0 heterocycles. The Bertz CT molecular complexity index is 1410. The Morgan fingerprint density at radius 2 is 1.61 bits per heavy atom. The van der Waals surface area contributed by atoms with Gasteiger partial charge >= 0.3 is 30.1 Å². The van der Waals surface area contributed by atoms with Gasteiger partial charge in [0.15, 0.2) is 5.96 Å². The second kappa shape index (κ2) is 14.8.